The number of pyridine rings is 1. The number of benzene rings is 2. The smallest absolute Gasteiger partial charge is 0.414 e. The quantitative estimate of drug-likeness (QED) is 0.194. The molecule has 1 aromatic heterocycles. The molecule has 0 bridgehead atoms. The van der Waals surface area contributed by atoms with Crippen LogP contribution in [-0.2, 0) is 27.9 Å². The molecule has 2 aliphatic heterocycles. The van der Waals surface area contributed by atoms with E-state index in [1.54, 1.807) is 18.3 Å². The van der Waals surface area contributed by atoms with E-state index in [0.29, 0.717) is 4.90 Å². The van der Waals surface area contributed by atoms with E-state index in [0.717, 1.165) is 54.7 Å². The lowest BCUT2D eigenvalue weighted by Crippen LogP contribution is -2.59. The Morgan fingerprint density at radius 1 is 0.917 bits per heavy atom. The molecular weight excluding hydrogens is 670 g/mol. The van der Waals surface area contributed by atoms with Crippen LogP contribution in [0.4, 0.5) is 36.8 Å². The van der Waals surface area contributed by atoms with Crippen molar-refractivity contribution in [1.29, 1.82) is 0 Å². The van der Waals surface area contributed by atoms with E-state index >= 15 is 4.39 Å². The normalized spacial score (nSPS) is 18.5. The van der Waals surface area contributed by atoms with Crippen LogP contribution in [0.3, 0.4) is 0 Å². The first kappa shape index (κ1) is 33.4. The van der Waals surface area contributed by atoms with Gasteiger partial charge in [-0.2, -0.15) is 4.31 Å². The van der Waals surface area contributed by atoms with Gasteiger partial charge in [0.05, 0.1) is 24.5 Å². The Morgan fingerprint density at radius 3 is 2.12 bits per heavy atom. The number of sulfonamides is 1. The Labute approximate surface area is 269 Å². The van der Waals surface area contributed by atoms with Crippen LogP contribution >= 0.6 is 0 Å². The van der Waals surface area contributed by atoms with Gasteiger partial charge in [-0.05, 0) is 54.5 Å². The van der Waals surface area contributed by atoms with Crippen LogP contribution in [0.1, 0.15) is 71.6 Å². The third kappa shape index (κ3) is 5.57. The van der Waals surface area contributed by atoms with Crippen molar-refractivity contribution in [3.05, 3.63) is 87.7 Å². The SMILES string of the molecule is O=C(O)N1Cc2cc(N(Cc3ccc(C4CCCCC4)cn3)C(=O)[C@H]3CCN3S(=O)(=O)c3c(F)c(F)c(F)c(F)c3F)c(F)cc2C1=O. The Balaban J connectivity index is 1.37. The molecule has 1 saturated carbocycles. The molecule has 2 fully saturated rings. The molecule has 1 aliphatic carbocycles. The molecule has 48 heavy (non-hydrogen) atoms. The first-order valence-corrected chi connectivity index (χ1v) is 16.3. The van der Waals surface area contributed by atoms with Crippen LogP contribution < -0.4 is 4.90 Å². The minimum Gasteiger partial charge on any atom is -0.465 e. The van der Waals surface area contributed by atoms with Crippen LogP contribution in [0.15, 0.2) is 35.4 Å². The Hall–Kier alpha value is -4.51. The largest absolute Gasteiger partial charge is 0.465 e. The number of carbonyl (C=O) groups is 3. The number of aromatic nitrogens is 1. The first-order chi connectivity index (χ1) is 22.7. The van der Waals surface area contributed by atoms with Crippen molar-refractivity contribution in [2.24, 2.45) is 0 Å². The van der Waals surface area contributed by atoms with Gasteiger partial charge in [-0.1, -0.05) is 25.3 Å². The van der Waals surface area contributed by atoms with Crippen LogP contribution in [-0.4, -0.2) is 58.2 Å². The van der Waals surface area contributed by atoms with Crippen LogP contribution in [0, 0.1) is 34.9 Å². The van der Waals surface area contributed by atoms with Crippen LogP contribution in [0.2, 0.25) is 0 Å². The highest BCUT2D eigenvalue weighted by Gasteiger charge is 2.48. The van der Waals surface area contributed by atoms with Gasteiger partial charge in [0.2, 0.25) is 21.7 Å². The maximum atomic E-state index is 15.7. The van der Waals surface area contributed by atoms with E-state index in [1.165, 1.54) is 0 Å². The predicted octanol–water partition coefficient (Wildman–Crippen LogP) is 5.59. The Morgan fingerprint density at radius 2 is 1.56 bits per heavy atom. The first-order valence-electron chi connectivity index (χ1n) is 14.9. The molecule has 2 aromatic carbocycles. The molecule has 0 spiro atoms. The summed E-state index contributed by atoms with van der Waals surface area (Å²) in [5.74, 6) is -15.8. The fourth-order valence-electron chi connectivity index (χ4n) is 6.34. The molecular formula is C31H26F6N4O6S. The summed E-state index contributed by atoms with van der Waals surface area (Å²) in [6.45, 7) is -1.49. The molecule has 1 N–H and O–H groups in total. The fourth-order valence-corrected chi connectivity index (χ4v) is 8.08. The second-order valence-corrected chi connectivity index (χ2v) is 13.6. The Kier molecular flexibility index (Phi) is 8.70. The standard InChI is InChI=1S/C31H26F6N4O6S/c32-20-11-19-17(13-40(29(19)42)31(44)45)10-22(20)39(14-18-7-6-16(12-38-18)15-4-2-1-3-5-15)30(43)21-8-9-41(21)48(46,47)28-26(36)24(34)23(33)25(35)27(28)37/h6-7,10-12,15,21H,1-5,8-9,13-14H2,(H,44,45)/t21-/m1/s1. The van der Waals surface area contributed by atoms with Gasteiger partial charge in [-0.15, -0.1) is 0 Å². The molecule has 3 aromatic rings. The number of fused-ring (bicyclic) bond motifs is 1. The number of amides is 3. The molecule has 10 nitrogen and oxygen atoms in total. The van der Waals surface area contributed by atoms with Crippen molar-refractivity contribution < 1.29 is 54.3 Å². The topological polar surface area (TPSA) is 128 Å². The zero-order valence-corrected chi connectivity index (χ0v) is 25.7. The average Bonchev–Trinajstić information content (AvgIpc) is 3.36. The van der Waals surface area contributed by atoms with Crippen molar-refractivity contribution in [2.75, 3.05) is 11.4 Å². The van der Waals surface area contributed by atoms with E-state index in [1.807, 2.05) is 0 Å². The molecule has 3 heterocycles. The third-order valence-electron chi connectivity index (χ3n) is 9.00. The summed E-state index contributed by atoms with van der Waals surface area (Å²) in [5.41, 5.74) is 0.445. The number of rotatable bonds is 7. The van der Waals surface area contributed by atoms with Gasteiger partial charge in [-0.3, -0.25) is 14.6 Å². The third-order valence-corrected chi connectivity index (χ3v) is 10.9. The number of nitrogens with zero attached hydrogens (tertiary/aromatic N) is 4. The highest BCUT2D eigenvalue weighted by atomic mass is 32.2. The fraction of sp³-hybridized carbons (Fsp3) is 0.355. The molecule has 17 heteroatoms. The Bertz CT molecular complexity index is 1930. The number of carboxylic acid groups (broad SMARTS) is 1. The van der Waals surface area contributed by atoms with E-state index in [-0.39, 0.29) is 33.5 Å². The minimum atomic E-state index is -5.51. The molecule has 0 radical (unpaired) electrons. The molecule has 1 saturated heterocycles. The average molecular weight is 697 g/mol. The molecule has 1 atom stereocenters. The molecule has 0 unspecified atom stereocenters. The van der Waals surface area contributed by atoms with Gasteiger partial charge in [0.1, 0.15) is 11.9 Å². The molecule has 6 rings (SSSR count). The van der Waals surface area contributed by atoms with Crippen LogP contribution in [0.25, 0.3) is 0 Å². The maximum Gasteiger partial charge on any atom is 0.414 e. The van der Waals surface area contributed by atoms with E-state index in [2.05, 4.69) is 4.98 Å². The predicted molar refractivity (Wildman–Crippen MR) is 154 cm³/mol. The summed E-state index contributed by atoms with van der Waals surface area (Å²) in [7, 11) is -5.51. The molecule has 3 amide bonds. The number of halogens is 6. The number of hydrogen-bond acceptors (Lipinski definition) is 6. The summed E-state index contributed by atoms with van der Waals surface area (Å²) in [5, 5.41) is 9.36. The number of imide groups is 1. The van der Waals surface area contributed by atoms with Crippen LogP contribution in [0.5, 0.6) is 0 Å². The number of carbonyl (C=O) groups excluding carboxylic acids is 2. The van der Waals surface area contributed by atoms with Gasteiger partial charge in [0.15, 0.2) is 28.2 Å². The van der Waals surface area contributed by atoms with Gasteiger partial charge < -0.3 is 10.0 Å². The second kappa shape index (κ2) is 12.5. The van der Waals surface area contributed by atoms with Crippen molar-refractivity contribution in [3.8, 4) is 0 Å². The molecule has 3 aliphatic rings. The second-order valence-electron chi connectivity index (χ2n) is 11.8. The lowest BCUT2D eigenvalue weighted by molar-refractivity contribution is -0.125. The van der Waals surface area contributed by atoms with Crippen molar-refractivity contribution in [2.45, 2.75) is 68.5 Å². The zero-order valence-electron chi connectivity index (χ0n) is 24.9. The van der Waals surface area contributed by atoms with E-state index in [9.17, 15) is 49.9 Å². The van der Waals surface area contributed by atoms with Gasteiger partial charge >= 0.3 is 6.09 Å². The van der Waals surface area contributed by atoms with Crippen molar-refractivity contribution in [1.82, 2.24) is 14.2 Å². The monoisotopic (exact) mass is 696 g/mol. The highest BCUT2D eigenvalue weighted by Crippen LogP contribution is 2.37. The van der Waals surface area contributed by atoms with E-state index in [4.69, 9.17) is 0 Å². The van der Waals surface area contributed by atoms with Gasteiger partial charge in [0, 0.05) is 18.3 Å². The number of hydrogen-bond donors (Lipinski definition) is 1. The lowest BCUT2D eigenvalue weighted by atomic mass is 9.85. The summed E-state index contributed by atoms with van der Waals surface area (Å²) in [6.07, 6.45) is 4.91. The summed E-state index contributed by atoms with van der Waals surface area (Å²) in [4.78, 5) is 41.6. The molecule has 254 valence electrons. The summed E-state index contributed by atoms with van der Waals surface area (Å²) in [6, 6.07) is 3.42. The van der Waals surface area contributed by atoms with E-state index < -0.39 is 99.1 Å². The number of anilines is 1. The van der Waals surface area contributed by atoms with Crippen molar-refractivity contribution in [3.63, 3.8) is 0 Å². The zero-order chi connectivity index (χ0) is 34.7. The van der Waals surface area contributed by atoms with Gasteiger partial charge in [-0.25, -0.2) is 44.5 Å². The maximum absolute atomic E-state index is 15.7. The lowest BCUT2D eigenvalue weighted by Gasteiger charge is -2.41. The summed E-state index contributed by atoms with van der Waals surface area (Å²) < 4.78 is 113. The van der Waals surface area contributed by atoms with Gasteiger partial charge in [0.25, 0.3) is 5.91 Å². The summed E-state index contributed by atoms with van der Waals surface area (Å²) >= 11 is 0. The highest BCUT2D eigenvalue weighted by molar-refractivity contribution is 7.89. The van der Waals surface area contributed by atoms with Crippen molar-refractivity contribution >= 4 is 33.6 Å². The minimum absolute atomic E-state index is 0.0386.